The number of nitrogens with one attached hydrogen (secondary N) is 1. The van der Waals surface area contributed by atoms with Gasteiger partial charge in [0.1, 0.15) is 0 Å². The maximum Gasteiger partial charge on any atom is 0.0956 e. The summed E-state index contributed by atoms with van der Waals surface area (Å²) in [6.45, 7) is 14.8. The minimum atomic E-state index is 0.419. The minimum absolute atomic E-state index is 0.419. The van der Waals surface area contributed by atoms with Crippen molar-refractivity contribution in [3.63, 3.8) is 0 Å². The van der Waals surface area contributed by atoms with E-state index in [1.54, 1.807) is 0 Å². The van der Waals surface area contributed by atoms with Crippen LogP contribution in [0.3, 0.4) is 0 Å². The second-order valence-corrected chi connectivity index (χ2v) is 8.05. The van der Waals surface area contributed by atoms with Crippen LogP contribution in [0.4, 0.5) is 0 Å². The lowest BCUT2D eigenvalue weighted by atomic mass is 9.89. The third-order valence-corrected chi connectivity index (χ3v) is 6.10. The highest BCUT2D eigenvalue weighted by Gasteiger charge is 2.31. The molecule has 0 amide bonds. The van der Waals surface area contributed by atoms with Crippen molar-refractivity contribution >= 4 is 11.3 Å². The van der Waals surface area contributed by atoms with Gasteiger partial charge in [0.25, 0.3) is 0 Å². The Morgan fingerprint density at radius 2 is 2.10 bits per heavy atom. The van der Waals surface area contributed by atoms with Gasteiger partial charge in [-0.1, -0.05) is 20.8 Å². The molecule has 114 valence electrons. The van der Waals surface area contributed by atoms with Gasteiger partial charge < -0.3 is 5.32 Å². The first kappa shape index (κ1) is 15.9. The van der Waals surface area contributed by atoms with Gasteiger partial charge in [-0.05, 0) is 39.3 Å². The number of nitrogens with zero attached hydrogens (tertiary/aromatic N) is 2. The van der Waals surface area contributed by atoms with Crippen LogP contribution in [-0.2, 0) is 0 Å². The summed E-state index contributed by atoms with van der Waals surface area (Å²) in [7, 11) is 2.25. The van der Waals surface area contributed by atoms with Crippen molar-refractivity contribution in [1.29, 1.82) is 0 Å². The average molecular weight is 295 g/mol. The highest BCUT2D eigenvalue weighted by Crippen LogP contribution is 2.34. The molecule has 0 bridgehead atoms. The maximum absolute atomic E-state index is 4.74. The Morgan fingerprint density at radius 3 is 2.60 bits per heavy atom. The third kappa shape index (κ3) is 3.41. The van der Waals surface area contributed by atoms with Crippen molar-refractivity contribution < 1.29 is 0 Å². The number of hydrogen-bond donors (Lipinski definition) is 1. The number of aromatic nitrogens is 1. The molecule has 1 fully saturated rings. The molecule has 2 atom stereocenters. The SMILES string of the molecule is Cc1nc(C(C)C)sc1C(C)N(C)CC1(C)CCNC1. The Balaban J connectivity index is 2.08. The fraction of sp³-hybridized carbons (Fsp3) is 0.812. The van der Waals surface area contributed by atoms with Gasteiger partial charge in [-0.2, -0.15) is 0 Å². The number of aryl methyl sites for hydroxylation is 1. The predicted octanol–water partition coefficient (Wildman–Crippen LogP) is 3.57. The Hall–Kier alpha value is -0.450. The first-order valence-corrected chi connectivity index (χ1v) is 8.52. The quantitative estimate of drug-likeness (QED) is 0.900. The highest BCUT2D eigenvalue weighted by molar-refractivity contribution is 7.11. The van der Waals surface area contributed by atoms with Crippen LogP contribution >= 0.6 is 11.3 Å². The van der Waals surface area contributed by atoms with Gasteiger partial charge in [0.05, 0.1) is 10.7 Å². The lowest BCUT2D eigenvalue weighted by molar-refractivity contribution is 0.170. The van der Waals surface area contributed by atoms with Crippen molar-refractivity contribution in [3.8, 4) is 0 Å². The summed E-state index contributed by atoms with van der Waals surface area (Å²) >= 11 is 1.89. The largest absolute Gasteiger partial charge is 0.316 e. The van der Waals surface area contributed by atoms with E-state index in [1.807, 2.05) is 11.3 Å². The van der Waals surface area contributed by atoms with Crippen molar-refractivity contribution in [2.45, 2.75) is 53.0 Å². The van der Waals surface area contributed by atoms with Crippen LogP contribution in [0, 0.1) is 12.3 Å². The zero-order valence-electron chi connectivity index (χ0n) is 13.8. The molecule has 0 aromatic carbocycles. The fourth-order valence-corrected chi connectivity index (χ4v) is 4.19. The van der Waals surface area contributed by atoms with Gasteiger partial charge in [0.2, 0.25) is 0 Å². The summed E-state index contributed by atoms with van der Waals surface area (Å²) in [5.74, 6) is 0.529. The molecule has 3 nitrogen and oxygen atoms in total. The molecule has 1 aromatic rings. The van der Waals surface area contributed by atoms with E-state index in [-0.39, 0.29) is 0 Å². The van der Waals surface area contributed by atoms with Crippen LogP contribution in [0.2, 0.25) is 0 Å². The van der Waals surface area contributed by atoms with E-state index in [0.29, 0.717) is 17.4 Å². The summed E-state index contributed by atoms with van der Waals surface area (Å²) in [6, 6.07) is 0.456. The van der Waals surface area contributed by atoms with Crippen LogP contribution in [0.1, 0.15) is 61.7 Å². The molecular weight excluding hydrogens is 266 g/mol. The van der Waals surface area contributed by atoms with Crippen LogP contribution in [0.5, 0.6) is 0 Å². The molecule has 20 heavy (non-hydrogen) atoms. The first-order valence-electron chi connectivity index (χ1n) is 7.70. The summed E-state index contributed by atoms with van der Waals surface area (Å²) in [4.78, 5) is 8.68. The molecule has 0 radical (unpaired) electrons. The van der Waals surface area contributed by atoms with Gasteiger partial charge in [-0.25, -0.2) is 4.98 Å². The van der Waals surface area contributed by atoms with E-state index in [1.165, 1.54) is 22.0 Å². The van der Waals surface area contributed by atoms with E-state index >= 15 is 0 Å². The third-order valence-electron chi connectivity index (χ3n) is 4.47. The summed E-state index contributed by atoms with van der Waals surface area (Å²) in [6.07, 6.45) is 1.28. The molecular formula is C16H29N3S. The topological polar surface area (TPSA) is 28.2 Å². The molecule has 4 heteroatoms. The highest BCUT2D eigenvalue weighted by atomic mass is 32.1. The van der Waals surface area contributed by atoms with E-state index in [4.69, 9.17) is 4.98 Å². The van der Waals surface area contributed by atoms with Gasteiger partial charge >= 0.3 is 0 Å². The standard InChI is InChI=1S/C16H29N3S/c1-11(2)15-18-12(3)14(20-15)13(4)19(6)10-16(5)7-8-17-9-16/h11,13,17H,7-10H2,1-6H3. The Labute approximate surface area is 127 Å². The Kier molecular flexibility index (Phi) is 4.88. The Morgan fingerprint density at radius 1 is 1.40 bits per heavy atom. The summed E-state index contributed by atoms with van der Waals surface area (Å²) < 4.78 is 0. The molecule has 0 aliphatic carbocycles. The van der Waals surface area contributed by atoms with Crippen molar-refractivity contribution in [2.75, 3.05) is 26.7 Å². The lowest BCUT2D eigenvalue weighted by Crippen LogP contribution is -2.36. The summed E-state index contributed by atoms with van der Waals surface area (Å²) in [5, 5.41) is 4.76. The number of hydrogen-bond acceptors (Lipinski definition) is 4. The zero-order chi connectivity index (χ0) is 14.9. The molecule has 2 heterocycles. The molecule has 1 saturated heterocycles. The van der Waals surface area contributed by atoms with Crippen molar-refractivity contribution in [3.05, 3.63) is 15.6 Å². The summed E-state index contributed by atoms with van der Waals surface area (Å²) in [5.41, 5.74) is 1.63. The van der Waals surface area contributed by atoms with Crippen LogP contribution < -0.4 is 5.32 Å². The van der Waals surface area contributed by atoms with Crippen LogP contribution in [0.25, 0.3) is 0 Å². The maximum atomic E-state index is 4.74. The van der Waals surface area contributed by atoms with Gasteiger partial charge in [0.15, 0.2) is 0 Å². The van der Waals surface area contributed by atoms with Crippen LogP contribution in [-0.4, -0.2) is 36.6 Å². The van der Waals surface area contributed by atoms with Gasteiger partial charge in [-0.15, -0.1) is 11.3 Å². The van der Waals surface area contributed by atoms with E-state index in [2.05, 4.69) is 51.9 Å². The second kappa shape index (κ2) is 6.12. The fourth-order valence-electron chi connectivity index (χ4n) is 3.01. The molecule has 1 aliphatic heterocycles. The lowest BCUT2D eigenvalue weighted by Gasteiger charge is -2.33. The molecule has 1 N–H and O–H groups in total. The normalized spacial score (nSPS) is 24.8. The van der Waals surface area contributed by atoms with E-state index < -0.39 is 0 Å². The van der Waals surface area contributed by atoms with Crippen molar-refractivity contribution in [1.82, 2.24) is 15.2 Å². The number of rotatable bonds is 5. The van der Waals surface area contributed by atoms with Gasteiger partial charge in [0, 0.05) is 29.9 Å². The molecule has 1 aromatic heterocycles. The second-order valence-electron chi connectivity index (χ2n) is 6.98. The average Bonchev–Trinajstić information content (AvgIpc) is 2.95. The number of thiazole rings is 1. The molecule has 2 rings (SSSR count). The molecule has 2 unspecified atom stereocenters. The van der Waals surface area contributed by atoms with E-state index in [9.17, 15) is 0 Å². The smallest absolute Gasteiger partial charge is 0.0956 e. The zero-order valence-corrected chi connectivity index (χ0v) is 14.6. The Bertz CT molecular complexity index is 447. The molecule has 0 saturated carbocycles. The predicted molar refractivity (Wildman–Crippen MR) is 87.6 cm³/mol. The first-order chi connectivity index (χ1) is 9.32. The monoisotopic (exact) mass is 295 g/mol. The minimum Gasteiger partial charge on any atom is -0.316 e. The molecule has 1 aliphatic rings. The van der Waals surface area contributed by atoms with Crippen LogP contribution in [0.15, 0.2) is 0 Å². The van der Waals surface area contributed by atoms with E-state index in [0.717, 1.165) is 19.6 Å². The molecule has 0 spiro atoms. The van der Waals surface area contributed by atoms with Gasteiger partial charge in [-0.3, -0.25) is 4.90 Å². The van der Waals surface area contributed by atoms with Crippen molar-refractivity contribution in [2.24, 2.45) is 5.41 Å².